The second kappa shape index (κ2) is 6.74. The van der Waals surface area contributed by atoms with E-state index < -0.39 is 5.97 Å². The summed E-state index contributed by atoms with van der Waals surface area (Å²) < 4.78 is 0. The molecular formula is C17H24O2. The van der Waals surface area contributed by atoms with Crippen molar-refractivity contribution >= 4 is 5.97 Å². The summed E-state index contributed by atoms with van der Waals surface area (Å²) in [5.74, 6) is -0.326. The first-order valence-electron chi connectivity index (χ1n) is 7.47. The predicted molar refractivity (Wildman–Crippen MR) is 77.4 cm³/mol. The van der Waals surface area contributed by atoms with Gasteiger partial charge in [-0.1, -0.05) is 49.9 Å². The molecular weight excluding hydrogens is 236 g/mol. The lowest BCUT2D eigenvalue weighted by Gasteiger charge is -2.27. The molecule has 2 atom stereocenters. The molecule has 2 aliphatic rings. The van der Waals surface area contributed by atoms with Crippen molar-refractivity contribution in [3.8, 4) is 0 Å². The lowest BCUT2D eigenvalue weighted by atomic mass is 9.77. The predicted octanol–water partition coefficient (Wildman–Crippen LogP) is 4.52. The topological polar surface area (TPSA) is 37.3 Å². The maximum atomic E-state index is 11.0. The minimum absolute atomic E-state index is 0.140. The van der Waals surface area contributed by atoms with Crippen molar-refractivity contribution in [2.75, 3.05) is 0 Å². The molecule has 2 aliphatic carbocycles. The quantitative estimate of drug-likeness (QED) is 0.848. The van der Waals surface area contributed by atoms with Crippen LogP contribution in [0.25, 0.3) is 0 Å². The van der Waals surface area contributed by atoms with Crippen LogP contribution in [0.2, 0.25) is 0 Å². The average molecular weight is 260 g/mol. The summed E-state index contributed by atoms with van der Waals surface area (Å²) in [6, 6.07) is 8.34. The van der Waals surface area contributed by atoms with Gasteiger partial charge in [-0.2, -0.15) is 0 Å². The summed E-state index contributed by atoms with van der Waals surface area (Å²) >= 11 is 0. The molecule has 0 spiro atoms. The second-order valence-electron chi connectivity index (χ2n) is 5.82. The lowest BCUT2D eigenvalue weighted by molar-refractivity contribution is -0.142. The van der Waals surface area contributed by atoms with Gasteiger partial charge in [0, 0.05) is 0 Å². The molecule has 2 nitrogen and oxygen atoms in total. The third-order valence-electron chi connectivity index (χ3n) is 4.01. The first-order valence-corrected chi connectivity index (χ1v) is 7.47. The number of aliphatic carboxylic acids is 1. The number of aryl methyl sites for hydroxylation is 1. The zero-order valence-corrected chi connectivity index (χ0v) is 11.8. The zero-order chi connectivity index (χ0) is 13.7. The molecule has 3 rings (SSSR count). The highest BCUT2D eigenvalue weighted by molar-refractivity contribution is 5.70. The van der Waals surface area contributed by atoms with E-state index in [0.717, 1.165) is 25.7 Å². The fourth-order valence-electron chi connectivity index (χ4n) is 2.74. The molecule has 1 N–H and O–H groups in total. The number of carboxylic acid groups (broad SMARTS) is 1. The largest absolute Gasteiger partial charge is 0.481 e. The summed E-state index contributed by atoms with van der Waals surface area (Å²) in [4.78, 5) is 11.0. The standard InChI is InChI=1S/C14H18O2.C3H6/c1-10-5-2-3-8-13(10)11-6-4-7-12(9-11)14(15)16;1-2-3-1/h2-3,5,8,11-12H,4,6-7,9H2,1H3,(H,15,16);1-3H2. The Kier molecular flexibility index (Phi) is 5.00. The van der Waals surface area contributed by atoms with Crippen LogP contribution in [0, 0.1) is 12.8 Å². The number of rotatable bonds is 2. The molecule has 104 valence electrons. The average Bonchev–Trinajstić information content (AvgIpc) is 3.27. The minimum atomic E-state index is -0.627. The molecule has 2 unspecified atom stereocenters. The van der Waals surface area contributed by atoms with Crippen LogP contribution < -0.4 is 0 Å². The van der Waals surface area contributed by atoms with Crippen LogP contribution in [0.1, 0.15) is 62.0 Å². The molecule has 1 aromatic carbocycles. The van der Waals surface area contributed by atoms with E-state index >= 15 is 0 Å². The minimum Gasteiger partial charge on any atom is -0.481 e. The molecule has 0 radical (unpaired) electrons. The Hall–Kier alpha value is -1.31. The number of carboxylic acids is 1. The second-order valence-corrected chi connectivity index (χ2v) is 5.82. The van der Waals surface area contributed by atoms with E-state index in [1.807, 2.05) is 12.1 Å². The molecule has 19 heavy (non-hydrogen) atoms. The van der Waals surface area contributed by atoms with Gasteiger partial charge in [0.2, 0.25) is 0 Å². The Morgan fingerprint density at radius 2 is 1.79 bits per heavy atom. The Morgan fingerprint density at radius 1 is 1.11 bits per heavy atom. The Bertz CT molecular complexity index is 420. The Balaban J connectivity index is 0.000000390. The van der Waals surface area contributed by atoms with Gasteiger partial charge in [0.05, 0.1) is 5.92 Å². The highest BCUT2D eigenvalue weighted by Gasteiger charge is 2.28. The molecule has 0 heterocycles. The monoisotopic (exact) mass is 260 g/mol. The van der Waals surface area contributed by atoms with Crippen LogP contribution in [-0.2, 0) is 4.79 Å². The molecule has 0 aliphatic heterocycles. The zero-order valence-electron chi connectivity index (χ0n) is 11.8. The van der Waals surface area contributed by atoms with E-state index in [9.17, 15) is 4.79 Å². The van der Waals surface area contributed by atoms with Crippen molar-refractivity contribution < 1.29 is 9.90 Å². The molecule has 2 fully saturated rings. The van der Waals surface area contributed by atoms with Gasteiger partial charge in [0.25, 0.3) is 0 Å². The van der Waals surface area contributed by atoms with Gasteiger partial charge < -0.3 is 5.11 Å². The molecule has 0 aromatic heterocycles. The van der Waals surface area contributed by atoms with E-state index in [-0.39, 0.29) is 5.92 Å². The molecule has 0 saturated heterocycles. The third-order valence-corrected chi connectivity index (χ3v) is 4.01. The maximum absolute atomic E-state index is 11.0. The van der Waals surface area contributed by atoms with E-state index in [0.29, 0.717) is 5.92 Å². The summed E-state index contributed by atoms with van der Waals surface area (Å²) in [7, 11) is 0. The van der Waals surface area contributed by atoms with E-state index in [1.165, 1.54) is 30.4 Å². The number of hydrogen-bond donors (Lipinski definition) is 1. The Labute approximate surface area is 115 Å². The van der Waals surface area contributed by atoms with Gasteiger partial charge in [-0.15, -0.1) is 0 Å². The van der Waals surface area contributed by atoms with Gasteiger partial charge in [-0.05, 0) is 43.2 Å². The molecule has 2 heteroatoms. The summed E-state index contributed by atoms with van der Waals surface area (Å²) in [5.41, 5.74) is 2.63. The van der Waals surface area contributed by atoms with Crippen LogP contribution in [0.3, 0.4) is 0 Å². The van der Waals surface area contributed by atoms with Gasteiger partial charge in [0.15, 0.2) is 0 Å². The number of hydrogen-bond acceptors (Lipinski definition) is 1. The molecule has 2 saturated carbocycles. The van der Waals surface area contributed by atoms with E-state index in [4.69, 9.17) is 5.11 Å². The number of benzene rings is 1. The van der Waals surface area contributed by atoms with Gasteiger partial charge in [-0.3, -0.25) is 4.79 Å². The fraction of sp³-hybridized carbons (Fsp3) is 0.588. The van der Waals surface area contributed by atoms with Crippen molar-refractivity contribution in [1.29, 1.82) is 0 Å². The fourth-order valence-corrected chi connectivity index (χ4v) is 2.74. The van der Waals surface area contributed by atoms with Crippen molar-refractivity contribution in [2.45, 2.75) is 57.8 Å². The number of carbonyl (C=O) groups is 1. The summed E-state index contributed by atoms with van der Waals surface area (Å²) in [5, 5.41) is 9.07. The van der Waals surface area contributed by atoms with Gasteiger partial charge >= 0.3 is 5.97 Å². The van der Waals surface area contributed by atoms with Crippen LogP contribution in [0.15, 0.2) is 24.3 Å². The first kappa shape index (κ1) is 14.1. The molecule has 1 aromatic rings. The lowest BCUT2D eigenvalue weighted by Crippen LogP contribution is -2.21. The van der Waals surface area contributed by atoms with Crippen molar-refractivity contribution in [2.24, 2.45) is 5.92 Å². The van der Waals surface area contributed by atoms with E-state index in [2.05, 4.69) is 19.1 Å². The third kappa shape index (κ3) is 4.38. The molecule has 0 bridgehead atoms. The van der Waals surface area contributed by atoms with Crippen molar-refractivity contribution in [3.63, 3.8) is 0 Å². The maximum Gasteiger partial charge on any atom is 0.306 e. The van der Waals surface area contributed by atoms with Crippen LogP contribution >= 0.6 is 0 Å². The van der Waals surface area contributed by atoms with Crippen LogP contribution in [0.5, 0.6) is 0 Å². The SMILES string of the molecule is C1CC1.Cc1ccccc1C1CCCC(C(=O)O)C1. The molecule has 0 amide bonds. The van der Waals surface area contributed by atoms with E-state index in [1.54, 1.807) is 0 Å². The Morgan fingerprint density at radius 3 is 2.37 bits per heavy atom. The van der Waals surface area contributed by atoms with Crippen LogP contribution in [0.4, 0.5) is 0 Å². The van der Waals surface area contributed by atoms with Crippen molar-refractivity contribution in [1.82, 2.24) is 0 Å². The summed E-state index contributed by atoms with van der Waals surface area (Å²) in [6.45, 7) is 2.11. The smallest absolute Gasteiger partial charge is 0.306 e. The van der Waals surface area contributed by atoms with Gasteiger partial charge in [0.1, 0.15) is 0 Å². The van der Waals surface area contributed by atoms with Gasteiger partial charge in [-0.25, -0.2) is 0 Å². The normalized spacial score (nSPS) is 25.1. The highest BCUT2D eigenvalue weighted by Crippen LogP contribution is 2.37. The highest BCUT2D eigenvalue weighted by atomic mass is 16.4. The van der Waals surface area contributed by atoms with Crippen LogP contribution in [-0.4, -0.2) is 11.1 Å². The van der Waals surface area contributed by atoms with Crippen molar-refractivity contribution in [3.05, 3.63) is 35.4 Å². The summed E-state index contributed by atoms with van der Waals surface area (Å²) in [6.07, 6.45) is 8.32. The first-order chi connectivity index (χ1) is 9.18.